The third kappa shape index (κ3) is 3.93. The summed E-state index contributed by atoms with van der Waals surface area (Å²) in [7, 11) is 2.06. The van der Waals surface area contributed by atoms with Gasteiger partial charge in [0.2, 0.25) is 0 Å². The van der Waals surface area contributed by atoms with Crippen molar-refractivity contribution in [2.75, 3.05) is 46.3 Å². The molecule has 0 saturated carbocycles. The zero-order valence-electron chi connectivity index (χ0n) is 14.4. The summed E-state index contributed by atoms with van der Waals surface area (Å²) < 4.78 is 0. The van der Waals surface area contributed by atoms with Gasteiger partial charge in [0.1, 0.15) is 5.69 Å². The van der Waals surface area contributed by atoms with Crippen molar-refractivity contribution in [1.29, 1.82) is 0 Å². The van der Waals surface area contributed by atoms with Crippen molar-refractivity contribution in [2.45, 2.75) is 25.7 Å². The molecule has 0 N–H and O–H groups in total. The van der Waals surface area contributed by atoms with E-state index < -0.39 is 0 Å². The zero-order chi connectivity index (χ0) is 16.9. The maximum Gasteiger partial charge on any atom is 0.272 e. The molecular formula is C18H26N4O2. The molecule has 0 radical (unpaired) electrons. The van der Waals surface area contributed by atoms with Gasteiger partial charge in [0, 0.05) is 51.0 Å². The first-order valence-electron chi connectivity index (χ1n) is 8.88. The van der Waals surface area contributed by atoms with Crippen molar-refractivity contribution in [3.05, 3.63) is 29.6 Å². The van der Waals surface area contributed by atoms with Crippen LogP contribution in [0.4, 0.5) is 0 Å². The lowest BCUT2D eigenvalue weighted by atomic mass is 10.1. The molecule has 2 aliphatic rings. The summed E-state index contributed by atoms with van der Waals surface area (Å²) in [5.74, 6) is -0.0552. The number of piperazine rings is 1. The Hall–Kier alpha value is -1.95. The molecule has 130 valence electrons. The van der Waals surface area contributed by atoms with Crippen LogP contribution in [-0.4, -0.2) is 77.8 Å². The molecule has 0 bridgehead atoms. The minimum absolute atomic E-state index is 0.0201. The Balaban J connectivity index is 1.71. The molecule has 2 saturated heterocycles. The van der Waals surface area contributed by atoms with E-state index in [9.17, 15) is 9.59 Å². The Morgan fingerprint density at radius 1 is 0.875 bits per heavy atom. The predicted molar refractivity (Wildman–Crippen MR) is 92.0 cm³/mol. The second kappa shape index (κ2) is 7.75. The molecule has 0 unspecified atom stereocenters. The number of carbonyl (C=O) groups is 2. The number of hydrogen-bond donors (Lipinski definition) is 0. The minimum atomic E-state index is -0.0754. The van der Waals surface area contributed by atoms with Gasteiger partial charge >= 0.3 is 0 Å². The van der Waals surface area contributed by atoms with E-state index >= 15 is 0 Å². The molecule has 2 amide bonds. The van der Waals surface area contributed by atoms with E-state index in [0.717, 1.165) is 39.0 Å². The SMILES string of the molecule is CN1CCN(C(=O)c2cc(C(=O)N3CCCCCC3)ccn2)CC1. The molecule has 24 heavy (non-hydrogen) atoms. The van der Waals surface area contributed by atoms with Crippen LogP contribution in [0.1, 0.15) is 46.5 Å². The summed E-state index contributed by atoms with van der Waals surface area (Å²) in [6.45, 7) is 4.78. The molecule has 1 aromatic rings. The van der Waals surface area contributed by atoms with Gasteiger partial charge in [-0.25, -0.2) is 0 Å². The van der Waals surface area contributed by atoms with Crippen molar-refractivity contribution < 1.29 is 9.59 Å². The molecule has 6 heteroatoms. The largest absolute Gasteiger partial charge is 0.339 e. The predicted octanol–water partition coefficient (Wildman–Crippen LogP) is 1.49. The van der Waals surface area contributed by atoms with Crippen molar-refractivity contribution in [1.82, 2.24) is 19.7 Å². The Morgan fingerprint density at radius 2 is 1.50 bits per heavy atom. The number of likely N-dealkylation sites (N-methyl/N-ethyl adjacent to an activating group) is 1. The third-order valence-corrected chi connectivity index (χ3v) is 4.91. The molecule has 0 aliphatic carbocycles. The van der Waals surface area contributed by atoms with E-state index in [4.69, 9.17) is 0 Å². The standard InChI is InChI=1S/C18H26N4O2/c1-20-10-12-22(13-11-20)18(24)16-14-15(6-7-19-16)17(23)21-8-4-2-3-5-9-21/h6-7,14H,2-5,8-13H2,1H3. The van der Waals surface area contributed by atoms with Crippen molar-refractivity contribution in [3.63, 3.8) is 0 Å². The summed E-state index contributed by atoms with van der Waals surface area (Å²) in [6, 6.07) is 3.38. The Morgan fingerprint density at radius 3 is 2.17 bits per heavy atom. The maximum absolute atomic E-state index is 12.7. The summed E-state index contributed by atoms with van der Waals surface area (Å²) >= 11 is 0. The highest BCUT2D eigenvalue weighted by molar-refractivity contribution is 5.98. The van der Waals surface area contributed by atoms with Crippen molar-refractivity contribution in [3.8, 4) is 0 Å². The van der Waals surface area contributed by atoms with Gasteiger partial charge in [-0.2, -0.15) is 0 Å². The van der Waals surface area contributed by atoms with Gasteiger partial charge in [0.25, 0.3) is 11.8 Å². The molecule has 0 spiro atoms. The van der Waals surface area contributed by atoms with Crippen molar-refractivity contribution in [2.24, 2.45) is 0 Å². The maximum atomic E-state index is 12.7. The number of rotatable bonds is 2. The Labute approximate surface area is 143 Å². The molecule has 6 nitrogen and oxygen atoms in total. The van der Waals surface area contributed by atoms with Gasteiger partial charge in [-0.05, 0) is 32.0 Å². The highest BCUT2D eigenvalue weighted by Gasteiger charge is 2.23. The van der Waals surface area contributed by atoms with Crippen LogP contribution in [0.25, 0.3) is 0 Å². The highest BCUT2D eigenvalue weighted by Crippen LogP contribution is 2.15. The molecule has 2 aliphatic heterocycles. The highest BCUT2D eigenvalue weighted by atomic mass is 16.2. The van der Waals surface area contributed by atoms with Gasteiger partial charge in [-0.1, -0.05) is 12.8 Å². The van der Waals surface area contributed by atoms with Crippen LogP contribution in [0.15, 0.2) is 18.3 Å². The van der Waals surface area contributed by atoms with Crippen LogP contribution in [0.3, 0.4) is 0 Å². The molecule has 3 rings (SSSR count). The number of pyridine rings is 1. The number of hydrogen-bond acceptors (Lipinski definition) is 4. The lowest BCUT2D eigenvalue weighted by molar-refractivity contribution is 0.0658. The summed E-state index contributed by atoms with van der Waals surface area (Å²) in [5, 5.41) is 0. The number of likely N-dealkylation sites (tertiary alicyclic amines) is 1. The smallest absolute Gasteiger partial charge is 0.272 e. The number of nitrogens with zero attached hydrogens (tertiary/aromatic N) is 4. The van der Waals surface area contributed by atoms with E-state index in [0.29, 0.717) is 24.3 Å². The fourth-order valence-corrected chi connectivity index (χ4v) is 3.31. The molecule has 0 aromatic carbocycles. The fraction of sp³-hybridized carbons (Fsp3) is 0.611. The number of carbonyl (C=O) groups excluding carboxylic acids is 2. The van der Waals surface area contributed by atoms with Crippen LogP contribution < -0.4 is 0 Å². The van der Waals surface area contributed by atoms with Crippen LogP contribution in [0.2, 0.25) is 0 Å². The van der Waals surface area contributed by atoms with Gasteiger partial charge in [0.05, 0.1) is 0 Å². The van der Waals surface area contributed by atoms with E-state index in [-0.39, 0.29) is 11.8 Å². The normalized spacial score (nSPS) is 19.9. The molecule has 3 heterocycles. The number of amides is 2. The van der Waals surface area contributed by atoms with Crippen molar-refractivity contribution >= 4 is 11.8 Å². The van der Waals surface area contributed by atoms with Gasteiger partial charge < -0.3 is 14.7 Å². The molecule has 2 fully saturated rings. The topological polar surface area (TPSA) is 56.8 Å². The monoisotopic (exact) mass is 330 g/mol. The average Bonchev–Trinajstić information content (AvgIpc) is 2.90. The van der Waals surface area contributed by atoms with Gasteiger partial charge in [0.15, 0.2) is 0 Å². The third-order valence-electron chi connectivity index (χ3n) is 4.91. The van der Waals surface area contributed by atoms with Gasteiger partial charge in [-0.15, -0.1) is 0 Å². The molecular weight excluding hydrogens is 304 g/mol. The number of aromatic nitrogens is 1. The Bertz CT molecular complexity index is 588. The fourth-order valence-electron chi connectivity index (χ4n) is 3.31. The van der Waals surface area contributed by atoms with Crippen LogP contribution in [0, 0.1) is 0 Å². The Kier molecular flexibility index (Phi) is 5.45. The molecule has 0 atom stereocenters. The zero-order valence-corrected chi connectivity index (χ0v) is 14.4. The lowest BCUT2D eigenvalue weighted by Crippen LogP contribution is -2.47. The molecule has 1 aromatic heterocycles. The second-order valence-corrected chi connectivity index (χ2v) is 6.73. The second-order valence-electron chi connectivity index (χ2n) is 6.73. The van der Waals surface area contributed by atoms with Crippen LogP contribution in [0.5, 0.6) is 0 Å². The summed E-state index contributed by atoms with van der Waals surface area (Å²) in [4.78, 5) is 35.5. The quantitative estimate of drug-likeness (QED) is 0.824. The average molecular weight is 330 g/mol. The van der Waals surface area contributed by atoms with E-state index in [1.165, 1.54) is 12.8 Å². The lowest BCUT2D eigenvalue weighted by Gasteiger charge is -2.32. The van der Waals surface area contributed by atoms with E-state index in [1.807, 2.05) is 9.80 Å². The van der Waals surface area contributed by atoms with Crippen LogP contribution in [-0.2, 0) is 0 Å². The van der Waals surface area contributed by atoms with Gasteiger partial charge in [-0.3, -0.25) is 14.6 Å². The first kappa shape index (κ1) is 16.9. The first-order valence-corrected chi connectivity index (χ1v) is 8.88. The summed E-state index contributed by atoms with van der Waals surface area (Å²) in [5.41, 5.74) is 0.949. The first-order chi connectivity index (χ1) is 11.6. The van der Waals surface area contributed by atoms with Crippen LogP contribution >= 0.6 is 0 Å². The minimum Gasteiger partial charge on any atom is -0.339 e. The summed E-state index contributed by atoms with van der Waals surface area (Å²) in [6.07, 6.45) is 6.07. The van der Waals surface area contributed by atoms with E-state index in [2.05, 4.69) is 16.9 Å². The van der Waals surface area contributed by atoms with E-state index in [1.54, 1.807) is 18.3 Å².